The first kappa shape index (κ1) is 20.2. The maximum absolute atomic E-state index is 2.89. The van der Waals surface area contributed by atoms with Gasteiger partial charge in [-0.1, -0.05) is 0 Å². The number of hydrogen-bond acceptors (Lipinski definition) is 0. The molecule has 2 unspecified atom stereocenters. The van der Waals surface area contributed by atoms with Crippen molar-refractivity contribution < 1.29 is 16.5 Å². The molecule has 2 aromatic rings. The summed E-state index contributed by atoms with van der Waals surface area (Å²) >= 11 is 0. The van der Waals surface area contributed by atoms with Gasteiger partial charge in [0.1, 0.15) is 0 Å². The molecule has 0 aromatic heterocycles. The van der Waals surface area contributed by atoms with Crippen molar-refractivity contribution in [3.05, 3.63) is 72.8 Å². The van der Waals surface area contributed by atoms with Gasteiger partial charge in [-0.25, -0.2) is 0 Å². The van der Waals surface area contributed by atoms with Gasteiger partial charge in [0.25, 0.3) is 0 Å². The second kappa shape index (κ2) is 16.2. The maximum atomic E-state index is 2.89. The summed E-state index contributed by atoms with van der Waals surface area (Å²) in [7, 11) is 0. The Labute approximate surface area is 109 Å². The molecule has 0 aliphatic heterocycles. The van der Waals surface area contributed by atoms with Crippen molar-refractivity contribution in [3.8, 4) is 0 Å². The van der Waals surface area contributed by atoms with Gasteiger partial charge < -0.3 is 0 Å². The molecule has 0 saturated heterocycles. The van der Waals surface area contributed by atoms with Gasteiger partial charge in [-0.05, 0) is 0 Å². The van der Waals surface area contributed by atoms with E-state index in [1.54, 1.807) is 0 Å². The average Bonchev–Trinajstić information content (AvgIpc) is 2.24. The fourth-order valence-corrected chi connectivity index (χ4v) is 0.684. The second-order valence-electron chi connectivity index (χ2n) is 2.15. The molecule has 0 N–H and O–H groups in total. The van der Waals surface area contributed by atoms with Crippen LogP contribution in [0.2, 0.25) is 0 Å². The van der Waals surface area contributed by atoms with Crippen LogP contribution in [0.4, 0.5) is 0 Å². The molecule has 0 saturated carbocycles. The Hall–Kier alpha value is -0.206. The molecule has 0 nitrogen and oxygen atoms in total. The predicted molar refractivity (Wildman–Crippen MR) is 72.8 cm³/mol. The fourth-order valence-electron chi connectivity index (χ4n) is 0.684. The number of benzene rings is 2. The fraction of sp³-hybridized carbons (Fsp3) is 0. The normalized spacial score (nSPS) is 6.40. The van der Waals surface area contributed by atoms with Crippen molar-refractivity contribution in [1.29, 1.82) is 0 Å². The summed E-state index contributed by atoms with van der Waals surface area (Å²) in [5.74, 6) is 0. The zero-order chi connectivity index (χ0) is 8.49. The van der Waals surface area contributed by atoms with Crippen LogP contribution < -0.4 is 0 Å². The number of rotatable bonds is 0. The summed E-state index contributed by atoms with van der Waals surface area (Å²) in [6.45, 7) is 0. The van der Waals surface area contributed by atoms with Crippen molar-refractivity contribution in [2.24, 2.45) is 0 Å². The molecule has 0 fully saturated rings. The molecule has 0 heterocycles. The number of hydrogen-bond donors (Lipinski definition) is 0. The molecule has 0 aliphatic carbocycles. The molecule has 84 valence electrons. The third-order valence-corrected chi connectivity index (χ3v) is 1.21. The minimum Gasteiger partial charge on any atom is -0.184 e. The van der Waals surface area contributed by atoms with Crippen LogP contribution in [0.3, 0.4) is 0 Å². The summed E-state index contributed by atoms with van der Waals surface area (Å²) in [5, 5.41) is 0. The molecule has 2 rings (SSSR count). The zero-order valence-electron chi connectivity index (χ0n) is 8.50. The molecule has 15 heavy (non-hydrogen) atoms. The van der Waals surface area contributed by atoms with Crippen LogP contribution in [-0.2, 0) is 16.5 Å². The van der Waals surface area contributed by atoms with E-state index in [0.29, 0.717) is 0 Å². The predicted octanol–water partition coefficient (Wildman–Crippen LogP) is 3.09. The standard InChI is InChI=1S/2C6H5.Ni.2H3P/c2*1-2-4-6-5-3-1;;;/h2*1-5H;;2*1H3/q2*-1;+2;;. The van der Waals surface area contributed by atoms with Gasteiger partial charge >= 0.3 is 16.5 Å². The Balaban J connectivity index is -0.000000160. The Bertz CT molecular complexity index is 189. The van der Waals surface area contributed by atoms with Crippen molar-refractivity contribution >= 4 is 19.8 Å². The van der Waals surface area contributed by atoms with Gasteiger partial charge in [0, 0.05) is 0 Å². The first-order valence-electron chi connectivity index (χ1n) is 3.82. The summed E-state index contributed by atoms with van der Waals surface area (Å²) in [6, 6.07) is 25.0. The molecular weight excluding hydrogens is 265 g/mol. The van der Waals surface area contributed by atoms with Crippen LogP contribution >= 0.6 is 19.8 Å². The summed E-state index contributed by atoms with van der Waals surface area (Å²) in [6.07, 6.45) is 0. The summed E-state index contributed by atoms with van der Waals surface area (Å²) < 4.78 is 0. The third kappa shape index (κ3) is 13.8. The monoisotopic (exact) mass is 280 g/mol. The molecule has 0 radical (unpaired) electrons. The van der Waals surface area contributed by atoms with Gasteiger partial charge in [0.05, 0.1) is 0 Å². The topological polar surface area (TPSA) is 0 Å². The molecule has 2 aromatic carbocycles. The SMILES string of the molecule is P.P.[Ni+2].[c-]1ccccc1.[c-]1ccccc1. The molecule has 0 amide bonds. The van der Waals surface area contributed by atoms with Crippen molar-refractivity contribution in [2.75, 3.05) is 0 Å². The van der Waals surface area contributed by atoms with Crippen molar-refractivity contribution in [1.82, 2.24) is 0 Å². The van der Waals surface area contributed by atoms with E-state index in [1.165, 1.54) is 0 Å². The van der Waals surface area contributed by atoms with Gasteiger partial charge in [-0.15, -0.1) is 0 Å². The summed E-state index contributed by atoms with van der Waals surface area (Å²) in [5.41, 5.74) is 0. The Morgan fingerprint density at radius 3 is 0.800 bits per heavy atom. The van der Waals surface area contributed by atoms with E-state index in [-0.39, 0.29) is 36.3 Å². The molecule has 2 atom stereocenters. The van der Waals surface area contributed by atoms with E-state index in [1.807, 2.05) is 60.7 Å². The third-order valence-electron chi connectivity index (χ3n) is 1.21. The van der Waals surface area contributed by atoms with Crippen molar-refractivity contribution in [3.63, 3.8) is 0 Å². The molecule has 0 aliphatic rings. The Kier molecular flexibility index (Phi) is 21.9. The van der Waals surface area contributed by atoms with Crippen LogP contribution in [0, 0.1) is 12.1 Å². The van der Waals surface area contributed by atoms with Crippen LogP contribution in [0.5, 0.6) is 0 Å². The van der Waals surface area contributed by atoms with Gasteiger partial charge in [0.15, 0.2) is 0 Å². The first-order chi connectivity index (χ1) is 6.00. The molecular formula is C12H16NiP2. The maximum Gasteiger partial charge on any atom is 2.00 e. The van der Waals surface area contributed by atoms with E-state index >= 15 is 0 Å². The van der Waals surface area contributed by atoms with Crippen LogP contribution in [-0.4, -0.2) is 0 Å². The quantitative estimate of drug-likeness (QED) is 0.395. The van der Waals surface area contributed by atoms with Crippen molar-refractivity contribution in [2.45, 2.75) is 0 Å². The summed E-state index contributed by atoms with van der Waals surface area (Å²) in [4.78, 5) is 0. The van der Waals surface area contributed by atoms with Crippen LogP contribution in [0.1, 0.15) is 0 Å². The minimum atomic E-state index is 0. The molecule has 0 spiro atoms. The van der Waals surface area contributed by atoms with E-state index in [2.05, 4.69) is 12.1 Å². The molecule has 0 bridgehead atoms. The minimum absolute atomic E-state index is 0. The Morgan fingerprint density at radius 1 is 0.467 bits per heavy atom. The van der Waals surface area contributed by atoms with E-state index in [4.69, 9.17) is 0 Å². The first-order valence-corrected chi connectivity index (χ1v) is 3.82. The average molecular weight is 281 g/mol. The smallest absolute Gasteiger partial charge is 0.184 e. The van der Waals surface area contributed by atoms with E-state index in [0.717, 1.165) is 0 Å². The largest absolute Gasteiger partial charge is 2.00 e. The van der Waals surface area contributed by atoms with Gasteiger partial charge in [-0.2, -0.15) is 92.6 Å². The zero-order valence-corrected chi connectivity index (χ0v) is 12.3. The van der Waals surface area contributed by atoms with Crippen LogP contribution in [0.15, 0.2) is 60.7 Å². The second-order valence-corrected chi connectivity index (χ2v) is 2.15. The van der Waals surface area contributed by atoms with Gasteiger partial charge in [0.2, 0.25) is 0 Å². The van der Waals surface area contributed by atoms with E-state index < -0.39 is 0 Å². The van der Waals surface area contributed by atoms with Gasteiger partial charge in [-0.3, -0.25) is 0 Å². The van der Waals surface area contributed by atoms with E-state index in [9.17, 15) is 0 Å². The Morgan fingerprint density at radius 2 is 0.733 bits per heavy atom. The van der Waals surface area contributed by atoms with Crippen LogP contribution in [0.25, 0.3) is 0 Å². The molecule has 3 heteroatoms.